The van der Waals surface area contributed by atoms with Gasteiger partial charge in [-0.15, -0.1) is 0 Å². The first-order valence-electron chi connectivity index (χ1n) is 9.52. The molecular weight excluding hydrogens is 408 g/mol. The number of benzene rings is 3. The number of nitrogens with one attached hydrogen (secondary N) is 1. The highest BCUT2D eigenvalue weighted by Gasteiger charge is 2.28. The van der Waals surface area contributed by atoms with Crippen molar-refractivity contribution in [3.8, 4) is 0 Å². The second-order valence-electron chi connectivity index (χ2n) is 7.45. The fourth-order valence-corrected chi connectivity index (χ4v) is 4.87. The average molecular weight is 425 g/mol. The lowest BCUT2D eigenvalue weighted by atomic mass is 9.94. The second kappa shape index (κ2) is 6.05. The summed E-state index contributed by atoms with van der Waals surface area (Å²) >= 11 is 3.61. The van der Waals surface area contributed by atoms with Gasteiger partial charge < -0.3 is 4.98 Å². The van der Waals surface area contributed by atoms with E-state index in [1.54, 1.807) is 0 Å². The highest BCUT2D eigenvalue weighted by Crippen LogP contribution is 2.43. The van der Waals surface area contributed by atoms with Gasteiger partial charge in [-0.1, -0.05) is 64.5 Å². The van der Waals surface area contributed by atoms with E-state index in [-0.39, 0.29) is 0 Å². The highest BCUT2D eigenvalue weighted by molar-refractivity contribution is 9.10. The molecule has 0 spiro atoms. The van der Waals surface area contributed by atoms with Gasteiger partial charge in [-0.25, -0.2) is 0 Å². The van der Waals surface area contributed by atoms with Crippen LogP contribution in [-0.4, -0.2) is 10.7 Å². The lowest BCUT2D eigenvalue weighted by Crippen LogP contribution is -1.99. The first-order chi connectivity index (χ1) is 13.8. The van der Waals surface area contributed by atoms with E-state index in [1.807, 2.05) is 0 Å². The summed E-state index contributed by atoms with van der Waals surface area (Å²) in [6, 6.07) is 23.8. The van der Waals surface area contributed by atoms with Crippen molar-refractivity contribution in [1.29, 1.82) is 0 Å². The van der Waals surface area contributed by atoms with Crippen LogP contribution in [0, 0.1) is 0 Å². The largest absolute Gasteiger partial charge is 0.360 e. The molecule has 4 aromatic rings. The molecule has 2 aliphatic rings. The third-order valence-electron chi connectivity index (χ3n) is 5.83. The third-order valence-corrected chi connectivity index (χ3v) is 6.32. The molecule has 0 saturated heterocycles. The zero-order valence-corrected chi connectivity index (χ0v) is 16.8. The molecule has 28 heavy (non-hydrogen) atoms. The number of rotatable bonds is 1. The Morgan fingerprint density at radius 2 is 1.54 bits per heavy atom. The summed E-state index contributed by atoms with van der Waals surface area (Å²) in [5.41, 5.74) is 11.3. The Morgan fingerprint density at radius 1 is 0.786 bits per heavy atom. The average Bonchev–Trinajstić information content (AvgIpc) is 3.30. The fourth-order valence-electron chi connectivity index (χ4n) is 4.51. The van der Waals surface area contributed by atoms with Crippen LogP contribution < -0.4 is 0 Å². The fraction of sp³-hybridized carbons (Fsp3) is 0.0800. The number of aromatic amines is 1. The van der Waals surface area contributed by atoms with Gasteiger partial charge in [-0.3, -0.25) is 4.99 Å². The summed E-state index contributed by atoms with van der Waals surface area (Å²) in [5.74, 6) is 0. The number of H-pyrrole nitrogens is 1. The van der Waals surface area contributed by atoms with Crippen LogP contribution in [-0.2, 0) is 6.42 Å². The van der Waals surface area contributed by atoms with Gasteiger partial charge in [0.1, 0.15) is 0 Å². The van der Waals surface area contributed by atoms with Gasteiger partial charge in [0.25, 0.3) is 0 Å². The summed E-state index contributed by atoms with van der Waals surface area (Å²) in [4.78, 5) is 8.60. The topological polar surface area (TPSA) is 28.1 Å². The number of halogens is 1. The van der Waals surface area contributed by atoms with E-state index in [0.29, 0.717) is 0 Å². The SMILES string of the molecule is Brc1ccc2[nH]cc(C3=NC4=C(C3)c3ccccc3Cc3ccccc34)c2c1. The molecule has 3 aromatic carbocycles. The molecule has 0 bridgehead atoms. The van der Waals surface area contributed by atoms with Crippen LogP contribution in [0.3, 0.4) is 0 Å². The van der Waals surface area contributed by atoms with Crippen LogP contribution in [0.2, 0.25) is 0 Å². The summed E-state index contributed by atoms with van der Waals surface area (Å²) in [6.45, 7) is 0. The van der Waals surface area contributed by atoms with E-state index in [1.165, 1.54) is 38.8 Å². The summed E-state index contributed by atoms with van der Waals surface area (Å²) in [7, 11) is 0. The molecule has 0 amide bonds. The zero-order chi connectivity index (χ0) is 18.7. The number of fused-ring (bicyclic) bond motifs is 5. The van der Waals surface area contributed by atoms with Gasteiger partial charge in [0.2, 0.25) is 0 Å². The van der Waals surface area contributed by atoms with Gasteiger partial charge in [0, 0.05) is 39.1 Å². The minimum atomic E-state index is 0.861. The van der Waals surface area contributed by atoms with E-state index in [4.69, 9.17) is 4.99 Å². The Labute approximate surface area is 171 Å². The van der Waals surface area contributed by atoms with Crippen molar-refractivity contribution < 1.29 is 0 Å². The van der Waals surface area contributed by atoms with Crippen molar-refractivity contribution in [3.63, 3.8) is 0 Å². The number of aliphatic imine (C=N–C) groups is 1. The van der Waals surface area contributed by atoms with Crippen LogP contribution in [0.4, 0.5) is 0 Å². The van der Waals surface area contributed by atoms with Crippen molar-refractivity contribution in [2.24, 2.45) is 4.99 Å². The molecule has 1 N–H and O–H groups in total. The maximum Gasteiger partial charge on any atom is 0.0750 e. The van der Waals surface area contributed by atoms with Crippen LogP contribution in [0.1, 0.15) is 34.2 Å². The first-order valence-corrected chi connectivity index (χ1v) is 10.3. The van der Waals surface area contributed by atoms with Crippen LogP contribution >= 0.6 is 15.9 Å². The van der Waals surface area contributed by atoms with Crippen molar-refractivity contribution >= 4 is 43.8 Å². The van der Waals surface area contributed by atoms with Gasteiger partial charge in [0.05, 0.1) is 11.4 Å². The summed E-state index contributed by atoms with van der Waals surface area (Å²) < 4.78 is 1.09. The molecule has 1 aliphatic carbocycles. The van der Waals surface area contributed by atoms with Gasteiger partial charge >= 0.3 is 0 Å². The van der Waals surface area contributed by atoms with Crippen LogP contribution in [0.15, 0.2) is 82.4 Å². The van der Waals surface area contributed by atoms with E-state index in [2.05, 4.69) is 93.8 Å². The molecule has 0 fully saturated rings. The molecule has 0 unspecified atom stereocenters. The molecular formula is C25H17BrN2. The van der Waals surface area contributed by atoms with Crippen molar-refractivity contribution in [3.05, 3.63) is 105 Å². The maximum atomic E-state index is 5.19. The standard InChI is InChI=1S/C25H17BrN2/c26-17-9-10-23-20(12-17)22(14-27-23)24-13-21-18-7-3-1-5-15(18)11-16-6-2-4-8-19(16)25(21)28-24/h1-10,12,14,27H,11,13H2. The minimum Gasteiger partial charge on any atom is -0.360 e. The number of hydrogen-bond acceptors (Lipinski definition) is 1. The molecule has 2 heterocycles. The molecule has 6 rings (SSSR count). The van der Waals surface area contributed by atoms with Gasteiger partial charge in [-0.05, 0) is 46.9 Å². The molecule has 1 aromatic heterocycles. The van der Waals surface area contributed by atoms with Crippen LogP contribution in [0.5, 0.6) is 0 Å². The minimum absolute atomic E-state index is 0.861. The molecule has 0 radical (unpaired) electrons. The number of hydrogen-bond donors (Lipinski definition) is 1. The first kappa shape index (κ1) is 16.1. The second-order valence-corrected chi connectivity index (χ2v) is 8.36. The summed E-state index contributed by atoms with van der Waals surface area (Å²) in [6.07, 6.45) is 3.92. The maximum absolute atomic E-state index is 5.19. The smallest absolute Gasteiger partial charge is 0.0750 e. The van der Waals surface area contributed by atoms with E-state index in [9.17, 15) is 0 Å². The van der Waals surface area contributed by atoms with Crippen molar-refractivity contribution in [1.82, 2.24) is 4.98 Å². The Hall–Kier alpha value is -2.91. The Balaban J connectivity index is 1.56. The van der Waals surface area contributed by atoms with Gasteiger partial charge in [-0.2, -0.15) is 0 Å². The van der Waals surface area contributed by atoms with Crippen LogP contribution in [0.25, 0.3) is 22.2 Å². The molecule has 0 atom stereocenters. The Kier molecular flexibility index (Phi) is 3.47. The Bertz CT molecular complexity index is 1320. The lowest BCUT2D eigenvalue weighted by Gasteiger charge is -2.09. The van der Waals surface area contributed by atoms with E-state index < -0.39 is 0 Å². The number of nitrogens with zero attached hydrogens (tertiary/aromatic N) is 1. The lowest BCUT2D eigenvalue weighted by molar-refractivity contribution is 1.17. The van der Waals surface area contributed by atoms with Crippen molar-refractivity contribution in [2.45, 2.75) is 12.8 Å². The quantitative estimate of drug-likeness (QED) is 0.356. The van der Waals surface area contributed by atoms with E-state index in [0.717, 1.165) is 34.2 Å². The summed E-state index contributed by atoms with van der Waals surface area (Å²) in [5, 5.41) is 1.22. The predicted molar refractivity (Wildman–Crippen MR) is 120 cm³/mol. The highest BCUT2D eigenvalue weighted by atomic mass is 79.9. The van der Waals surface area contributed by atoms with Crippen molar-refractivity contribution in [2.75, 3.05) is 0 Å². The number of aromatic nitrogens is 1. The zero-order valence-electron chi connectivity index (χ0n) is 15.2. The molecule has 2 nitrogen and oxygen atoms in total. The third kappa shape index (κ3) is 2.36. The van der Waals surface area contributed by atoms with E-state index >= 15 is 0 Å². The Morgan fingerprint density at radius 3 is 2.39 bits per heavy atom. The number of allylic oxidation sites excluding steroid dienone is 1. The molecule has 0 saturated carbocycles. The molecule has 3 heteroatoms. The normalized spacial score (nSPS) is 15.1. The monoisotopic (exact) mass is 424 g/mol. The molecule has 1 aliphatic heterocycles. The molecule has 134 valence electrons. The predicted octanol–water partition coefficient (Wildman–Crippen LogP) is 6.60. The van der Waals surface area contributed by atoms with Gasteiger partial charge in [0.15, 0.2) is 0 Å².